The van der Waals surface area contributed by atoms with Crippen LogP contribution in [0.1, 0.15) is 16.8 Å². The van der Waals surface area contributed by atoms with Gasteiger partial charge in [0.2, 0.25) is 0 Å². The maximum Gasteiger partial charge on any atom is 0.0565 e. The highest BCUT2D eigenvalue weighted by atomic mass is 35.5. The minimum Gasteiger partial charge on any atom is -0.368 e. The quantitative estimate of drug-likeness (QED) is 0.290. The van der Waals surface area contributed by atoms with Crippen molar-refractivity contribution >= 4 is 29.1 Å². The number of aromatic nitrogens is 1. The molecule has 178 valence electrons. The first kappa shape index (κ1) is 23.3. The lowest BCUT2D eigenvalue weighted by Crippen LogP contribution is -2.46. The summed E-state index contributed by atoms with van der Waals surface area (Å²) in [5.41, 5.74) is 11.1. The Bertz CT molecular complexity index is 1340. The van der Waals surface area contributed by atoms with E-state index >= 15 is 0 Å². The van der Waals surface area contributed by atoms with Crippen LogP contribution in [0, 0.1) is 13.8 Å². The molecule has 2 heterocycles. The topological polar surface area (TPSA) is 11.4 Å². The molecule has 0 unspecified atom stereocenters. The van der Waals surface area contributed by atoms with Gasteiger partial charge in [0.1, 0.15) is 0 Å². The highest BCUT2D eigenvalue weighted by Crippen LogP contribution is 2.40. The van der Waals surface area contributed by atoms with E-state index in [0.29, 0.717) is 0 Å². The van der Waals surface area contributed by atoms with Gasteiger partial charge in [0, 0.05) is 66.4 Å². The average Bonchev–Trinajstić information content (AvgIpc) is 3.15. The van der Waals surface area contributed by atoms with Crippen molar-refractivity contribution in [1.29, 1.82) is 0 Å². The van der Waals surface area contributed by atoms with Crippen molar-refractivity contribution in [1.82, 2.24) is 4.57 Å². The van der Waals surface area contributed by atoms with Gasteiger partial charge in [-0.2, -0.15) is 0 Å². The zero-order valence-electron chi connectivity index (χ0n) is 20.8. The Labute approximate surface area is 213 Å². The van der Waals surface area contributed by atoms with Crippen molar-refractivity contribution in [3.05, 3.63) is 101 Å². The van der Waals surface area contributed by atoms with Crippen molar-refractivity contribution in [3.8, 4) is 22.4 Å². The summed E-state index contributed by atoms with van der Waals surface area (Å²) in [6.45, 7) is 12.5. The molecule has 1 aromatic heterocycles. The predicted octanol–water partition coefficient (Wildman–Crippen LogP) is 7.60. The Hall–Kier alpha value is -3.43. The van der Waals surface area contributed by atoms with Gasteiger partial charge >= 0.3 is 0 Å². The van der Waals surface area contributed by atoms with E-state index < -0.39 is 0 Å². The summed E-state index contributed by atoms with van der Waals surface area (Å²) in [5.74, 6) is 0. The van der Waals surface area contributed by atoms with Crippen LogP contribution in [0.25, 0.3) is 28.5 Å². The van der Waals surface area contributed by atoms with Gasteiger partial charge in [0.25, 0.3) is 0 Å². The van der Waals surface area contributed by atoms with Gasteiger partial charge in [-0.3, -0.25) is 0 Å². The number of nitrogens with zero attached hydrogens (tertiary/aromatic N) is 3. The van der Waals surface area contributed by atoms with Crippen LogP contribution in [0.5, 0.6) is 0 Å². The molecule has 4 heteroatoms. The molecule has 5 rings (SSSR count). The number of halogens is 1. The molecule has 3 aromatic carbocycles. The Morgan fingerprint density at radius 2 is 1.40 bits per heavy atom. The second-order valence-corrected chi connectivity index (χ2v) is 9.79. The van der Waals surface area contributed by atoms with Crippen LogP contribution >= 0.6 is 11.6 Å². The number of rotatable bonds is 5. The number of anilines is 2. The van der Waals surface area contributed by atoms with E-state index in [1.54, 1.807) is 0 Å². The molecular weight excluding hydrogens is 450 g/mol. The number of hydrogen-bond acceptors (Lipinski definition) is 2. The highest BCUT2D eigenvalue weighted by Gasteiger charge is 2.22. The van der Waals surface area contributed by atoms with Gasteiger partial charge in [-0.1, -0.05) is 66.2 Å². The molecule has 35 heavy (non-hydrogen) atoms. The first-order chi connectivity index (χ1) is 17.0. The third-order valence-corrected chi connectivity index (χ3v) is 7.49. The maximum absolute atomic E-state index is 6.19. The van der Waals surface area contributed by atoms with Crippen LogP contribution in [0.2, 0.25) is 5.02 Å². The second-order valence-electron chi connectivity index (χ2n) is 9.35. The fourth-order valence-corrected chi connectivity index (χ4v) is 5.27. The van der Waals surface area contributed by atoms with Crippen molar-refractivity contribution in [2.75, 3.05) is 36.0 Å². The molecule has 0 aliphatic carbocycles. The van der Waals surface area contributed by atoms with E-state index in [9.17, 15) is 0 Å². The third kappa shape index (κ3) is 4.49. The van der Waals surface area contributed by atoms with E-state index in [4.69, 9.17) is 11.6 Å². The lowest BCUT2D eigenvalue weighted by Gasteiger charge is -2.37. The molecule has 1 aliphatic heterocycles. The minimum atomic E-state index is 0.747. The zero-order valence-corrected chi connectivity index (χ0v) is 21.5. The summed E-state index contributed by atoms with van der Waals surface area (Å²) in [5, 5.41) is 0.747. The van der Waals surface area contributed by atoms with Crippen LogP contribution in [0.15, 0.2) is 79.4 Å². The first-order valence-corrected chi connectivity index (χ1v) is 12.6. The fraction of sp³-hybridized carbons (Fsp3) is 0.226. The highest BCUT2D eigenvalue weighted by molar-refractivity contribution is 6.30. The van der Waals surface area contributed by atoms with Gasteiger partial charge < -0.3 is 14.4 Å². The molecule has 0 spiro atoms. The molecule has 0 bridgehead atoms. The summed E-state index contributed by atoms with van der Waals surface area (Å²) in [4.78, 5) is 4.98. The number of benzene rings is 3. The Balaban J connectivity index is 1.47. The SMILES string of the molecule is C=Cc1c(-c2cccc(N3CCN(c4ccc(C)cc4)CC3)c2)c(-c2ccc(Cl)cc2)n(C)c1C. The van der Waals surface area contributed by atoms with Crippen LogP contribution in [-0.4, -0.2) is 30.7 Å². The molecule has 0 radical (unpaired) electrons. The molecule has 0 N–H and O–H groups in total. The Morgan fingerprint density at radius 3 is 2.03 bits per heavy atom. The van der Waals surface area contributed by atoms with Crippen LogP contribution in [0.3, 0.4) is 0 Å². The average molecular weight is 482 g/mol. The lowest BCUT2D eigenvalue weighted by molar-refractivity contribution is 0.653. The molecule has 0 amide bonds. The third-order valence-electron chi connectivity index (χ3n) is 7.24. The summed E-state index contributed by atoms with van der Waals surface area (Å²) < 4.78 is 2.27. The van der Waals surface area contributed by atoms with Crippen molar-refractivity contribution in [2.45, 2.75) is 13.8 Å². The second kappa shape index (κ2) is 9.67. The van der Waals surface area contributed by atoms with Crippen LogP contribution in [0.4, 0.5) is 11.4 Å². The van der Waals surface area contributed by atoms with E-state index in [1.165, 1.54) is 45.0 Å². The van der Waals surface area contributed by atoms with Gasteiger partial charge in [0.15, 0.2) is 0 Å². The van der Waals surface area contributed by atoms with Crippen molar-refractivity contribution < 1.29 is 0 Å². The molecule has 1 saturated heterocycles. The van der Waals surface area contributed by atoms with E-state index in [0.717, 1.165) is 36.8 Å². The molecule has 1 fully saturated rings. The molecular formula is C31H32ClN3. The van der Waals surface area contributed by atoms with Crippen molar-refractivity contribution in [3.63, 3.8) is 0 Å². The van der Waals surface area contributed by atoms with Gasteiger partial charge in [-0.15, -0.1) is 0 Å². The van der Waals surface area contributed by atoms with Crippen molar-refractivity contribution in [2.24, 2.45) is 7.05 Å². The largest absolute Gasteiger partial charge is 0.368 e. The monoisotopic (exact) mass is 481 g/mol. The van der Waals surface area contributed by atoms with E-state index in [1.807, 2.05) is 18.2 Å². The predicted molar refractivity (Wildman–Crippen MR) is 152 cm³/mol. The standard InChI is InChI=1S/C31H32ClN3/c1-5-29-23(3)33(4)31(24-11-13-26(32)14-12-24)30(29)25-7-6-8-28(21-25)35-19-17-34(18-20-35)27-15-9-22(2)10-16-27/h5-16,21H,1,17-20H2,2-4H3. The van der Waals surface area contributed by atoms with E-state index in [-0.39, 0.29) is 0 Å². The Kier molecular flexibility index (Phi) is 6.44. The maximum atomic E-state index is 6.19. The first-order valence-electron chi connectivity index (χ1n) is 12.2. The number of hydrogen-bond donors (Lipinski definition) is 0. The number of aryl methyl sites for hydroxylation is 1. The Morgan fingerprint density at radius 1 is 0.771 bits per heavy atom. The van der Waals surface area contributed by atoms with E-state index in [2.05, 4.69) is 103 Å². The minimum absolute atomic E-state index is 0.747. The fourth-order valence-electron chi connectivity index (χ4n) is 5.15. The summed E-state index contributed by atoms with van der Waals surface area (Å²) >= 11 is 6.19. The molecule has 0 saturated carbocycles. The lowest BCUT2D eigenvalue weighted by atomic mass is 9.96. The van der Waals surface area contributed by atoms with Gasteiger partial charge in [-0.05, 0) is 61.4 Å². The summed E-state index contributed by atoms with van der Waals surface area (Å²) in [6, 6.07) is 25.9. The molecule has 3 nitrogen and oxygen atoms in total. The molecule has 1 aliphatic rings. The van der Waals surface area contributed by atoms with Gasteiger partial charge in [0.05, 0.1) is 5.69 Å². The molecule has 4 aromatic rings. The summed E-state index contributed by atoms with van der Waals surface area (Å²) in [7, 11) is 2.13. The van der Waals surface area contributed by atoms with Gasteiger partial charge in [-0.25, -0.2) is 0 Å². The van der Waals surface area contributed by atoms with Crippen LogP contribution in [-0.2, 0) is 7.05 Å². The normalized spacial score (nSPS) is 13.8. The molecule has 0 atom stereocenters. The smallest absolute Gasteiger partial charge is 0.0565 e. The zero-order chi connectivity index (χ0) is 24.5. The number of piperazine rings is 1. The summed E-state index contributed by atoms with van der Waals surface area (Å²) in [6.07, 6.45) is 1.98. The van der Waals surface area contributed by atoms with Crippen LogP contribution < -0.4 is 9.80 Å².